The smallest absolute Gasteiger partial charge is 0.110 e. The molecule has 1 aromatic heterocycles. The third-order valence-corrected chi connectivity index (χ3v) is 4.51. The summed E-state index contributed by atoms with van der Waals surface area (Å²) in [6.45, 7) is 0. The lowest BCUT2D eigenvalue weighted by Gasteiger charge is -2.31. The summed E-state index contributed by atoms with van der Waals surface area (Å²) in [6, 6.07) is 30.6. The van der Waals surface area contributed by atoms with Crippen molar-refractivity contribution in [2.24, 2.45) is 5.73 Å². The molecular formula is C22H18N2. The Morgan fingerprint density at radius 1 is 0.625 bits per heavy atom. The number of hydrogen-bond acceptors (Lipinski definition) is 2. The number of nitrogens with zero attached hydrogens (tertiary/aromatic N) is 1. The first-order valence-corrected chi connectivity index (χ1v) is 8.04. The van der Waals surface area contributed by atoms with Crippen LogP contribution in [0.4, 0.5) is 0 Å². The maximum absolute atomic E-state index is 7.07. The lowest BCUT2D eigenvalue weighted by atomic mass is 9.79. The molecule has 116 valence electrons. The van der Waals surface area contributed by atoms with Crippen LogP contribution in [0.15, 0.2) is 97.2 Å². The van der Waals surface area contributed by atoms with Gasteiger partial charge in [-0.05, 0) is 22.6 Å². The summed E-state index contributed by atoms with van der Waals surface area (Å²) in [5, 5.41) is 2.22. The molecule has 3 aromatic carbocycles. The molecule has 0 atom stereocenters. The summed E-state index contributed by atoms with van der Waals surface area (Å²) in [6.07, 6.45) is 1.84. The van der Waals surface area contributed by atoms with Gasteiger partial charge in [-0.25, -0.2) is 0 Å². The van der Waals surface area contributed by atoms with Gasteiger partial charge in [-0.3, -0.25) is 4.98 Å². The van der Waals surface area contributed by atoms with Gasteiger partial charge in [-0.1, -0.05) is 84.9 Å². The predicted octanol–water partition coefficient (Wildman–Crippen LogP) is 4.49. The second-order valence-electron chi connectivity index (χ2n) is 5.92. The lowest BCUT2D eigenvalue weighted by Crippen LogP contribution is -2.40. The topological polar surface area (TPSA) is 38.9 Å². The summed E-state index contributed by atoms with van der Waals surface area (Å²) in [5.74, 6) is 0. The second kappa shape index (κ2) is 5.91. The van der Waals surface area contributed by atoms with Crippen molar-refractivity contribution in [3.05, 3.63) is 114 Å². The van der Waals surface area contributed by atoms with E-state index in [-0.39, 0.29) is 0 Å². The first kappa shape index (κ1) is 14.6. The minimum Gasteiger partial charge on any atom is -0.313 e. The minimum atomic E-state index is -0.802. The minimum absolute atomic E-state index is 0.802. The van der Waals surface area contributed by atoms with Crippen LogP contribution in [0.5, 0.6) is 0 Å². The van der Waals surface area contributed by atoms with E-state index in [0.29, 0.717) is 0 Å². The SMILES string of the molecule is NC(c1ccccc1)(c1ccccc1)c1nccc2ccccc12. The number of nitrogens with two attached hydrogens (primary N) is 1. The lowest BCUT2D eigenvalue weighted by molar-refractivity contribution is 0.636. The molecule has 4 aromatic rings. The van der Waals surface area contributed by atoms with Crippen LogP contribution in [-0.4, -0.2) is 4.98 Å². The van der Waals surface area contributed by atoms with Gasteiger partial charge in [0.2, 0.25) is 0 Å². The molecule has 0 aliphatic rings. The Kier molecular flexibility index (Phi) is 3.60. The van der Waals surface area contributed by atoms with Crippen molar-refractivity contribution >= 4 is 10.8 Å². The number of aromatic nitrogens is 1. The van der Waals surface area contributed by atoms with E-state index in [1.807, 2.05) is 60.8 Å². The molecule has 2 N–H and O–H groups in total. The zero-order valence-electron chi connectivity index (χ0n) is 13.3. The van der Waals surface area contributed by atoms with Crippen molar-refractivity contribution in [3.63, 3.8) is 0 Å². The highest BCUT2D eigenvalue weighted by molar-refractivity contribution is 5.86. The fourth-order valence-electron chi connectivity index (χ4n) is 3.28. The highest BCUT2D eigenvalue weighted by Gasteiger charge is 2.34. The molecule has 0 spiro atoms. The summed E-state index contributed by atoms with van der Waals surface area (Å²) >= 11 is 0. The Hall–Kier alpha value is -2.97. The molecule has 1 heterocycles. The third-order valence-electron chi connectivity index (χ3n) is 4.51. The van der Waals surface area contributed by atoms with Crippen molar-refractivity contribution in [1.82, 2.24) is 4.98 Å². The average molecular weight is 310 g/mol. The number of hydrogen-bond donors (Lipinski definition) is 1. The molecule has 0 bridgehead atoms. The van der Waals surface area contributed by atoms with E-state index < -0.39 is 5.54 Å². The first-order valence-electron chi connectivity index (χ1n) is 8.04. The van der Waals surface area contributed by atoms with Crippen molar-refractivity contribution in [1.29, 1.82) is 0 Å². The van der Waals surface area contributed by atoms with Gasteiger partial charge in [0.15, 0.2) is 0 Å². The average Bonchev–Trinajstić information content (AvgIpc) is 2.68. The molecule has 0 fully saturated rings. The van der Waals surface area contributed by atoms with Crippen LogP contribution in [0.1, 0.15) is 16.8 Å². The zero-order chi connectivity index (χ0) is 16.4. The van der Waals surface area contributed by atoms with E-state index in [4.69, 9.17) is 10.7 Å². The molecule has 0 saturated heterocycles. The summed E-state index contributed by atoms with van der Waals surface area (Å²) in [7, 11) is 0. The number of rotatable bonds is 3. The van der Waals surface area contributed by atoms with Gasteiger partial charge in [0.1, 0.15) is 5.54 Å². The second-order valence-corrected chi connectivity index (χ2v) is 5.92. The molecule has 24 heavy (non-hydrogen) atoms. The predicted molar refractivity (Wildman–Crippen MR) is 98.7 cm³/mol. The fourth-order valence-corrected chi connectivity index (χ4v) is 3.28. The van der Waals surface area contributed by atoms with E-state index in [1.165, 1.54) is 0 Å². The molecule has 0 radical (unpaired) electrons. The third kappa shape index (κ3) is 2.29. The van der Waals surface area contributed by atoms with E-state index >= 15 is 0 Å². The van der Waals surface area contributed by atoms with Gasteiger partial charge in [-0.2, -0.15) is 0 Å². The van der Waals surface area contributed by atoms with Gasteiger partial charge in [0.25, 0.3) is 0 Å². The molecule has 0 amide bonds. The van der Waals surface area contributed by atoms with Crippen LogP contribution in [0.3, 0.4) is 0 Å². The van der Waals surface area contributed by atoms with Crippen LogP contribution < -0.4 is 5.73 Å². The Morgan fingerprint density at radius 2 is 1.17 bits per heavy atom. The normalized spacial score (nSPS) is 11.5. The number of fused-ring (bicyclic) bond motifs is 1. The van der Waals surface area contributed by atoms with E-state index in [1.54, 1.807) is 0 Å². The fraction of sp³-hybridized carbons (Fsp3) is 0.0455. The Balaban J connectivity index is 2.07. The molecule has 4 rings (SSSR count). The first-order chi connectivity index (χ1) is 11.8. The number of benzene rings is 3. The van der Waals surface area contributed by atoms with E-state index in [9.17, 15) is 0 Å². The van der Waals surface area contributed by atoms with Crippen molar-refractivity contribution in [2.75, 3.05) is 0 Å². The van der Waals surface area contributed by atoms with E-state index in [2.05, 4.69) is 36.4 Å². The maximum Gasteiger partial charge on any atom is 0.110 e. The molecule has 2 nitrogen and oxygen atoms in total. The largest absolute Gasteiger partial charge is 0.313 e. The standard InChI is InChI=1S/C22H18N2/c23-22(18-10-3-1-4-11-18,19-12-5-2-6-13-19)21-20-14-8-7-9-17(20)15-16-24-21/h1-16H,23H2. The highest BCUT2D eigenvalue weighted by atomic mass is 14.8. The Bertz CT molecular complexity index is 918. The van der Waals surface area contributed by atoms with Crippen LogP contribution >= 0.6 is 0 Å². The monoisotopic (exact) mass is 310 g/mol. The highest BCUT2D eigenvalue weighted by Crippen LogP contribution is 2.36. The summed E-state index contributed by atoms with van der Waals surface area (Å²) in [5.41, 5.74) is 9.19. The van der Waals surface area contributed by atoms with Crippen LogP contribution in [0.25, 0.3) is 10.8 Å². The molecule has 0 unspecified atom stereocenters. The van der Waals surface area contributed by atoms with Gasteiger partial charge in [0, 0.05) is 11.6 Å². The number of pyridine rings is 1. The van der Waals surface area contributed by atoms with Crippen LogP contribution in [-0.2, 0) is 5.54 Å². The van der Waals surface area contributed by atoms with Gasteiger partial charge in [-0.15, -0.1) is 0 Å². The Morgan fingerprint density at radius 3 is 1.79 bits per heavy atom. The Labute approximate surface area is 141 Å². The molecule has 0 aliphatic carbocycles. The molecule has 0 aliphatic heterocycles. The van der Waals surface area contributed by atoms with E-state index in [0.717, 1.165) is 27.6 Å². The van der Waals surface area contributed by atoms with Gasteiger partial charge in [0.05, 0.1) is 5.69 Å². The van der Waals surface area contributed by atoms with Crippen LogP contribution in [0, 0.1) is 0 Å². The van der Waals surface area contributed by atoms with Gasteiger partial charge >= 0.3 is 0 Å². The van der Waals surface area contributed by atoms with Crippen molar-refractivity contribution in [2.45, 2.75) is 5.54 Å². The zero-order valence-corrected chi connectivity index (χ0v) is 13.3. The summed E-state index contributed by atoms with van der Waals surface area (Å²) < 4.78 is 0. The molecular weight excluding hydrogens is 292 g/mol. The molecule has 0 saturated carbocycles. The quantitative estimate of drug-likeness (QED) is 0.605. The van der Waals surface area contributed by atoms with Crippen molar-refractivity contribution in [3.8, 4) is 0 Å². The maximum atomic E-state index is 7.07. The van der Waals surface area contributed by atoms with Crippen molar-refractivity contribution < 1.29 is 0 Å². The molecule has 2 heteroatoms. The van der Waals surface area contributed by atoms with Crippen LogP contribution in [0.2, 0.25) is 0 Å². The van der Waals surface area contributed by atoms with Gasteiger partial charge < -0.3 is 5.73 Å². The summed E-state index contributed by atoms with van der Waals surface area (Å²) in [4.78, 5) is 4.71.